The Morgan fingerprint density at radius 3 is 2.11 bits per heavy atom. The van der Waals surface area contributed by atoms with Crippen LogP contribution in [0.25, 0.3) is 0 Å². The highest BCUT2D eigenvalue weighted by molar-refractivity contribution is 5.51. The van der Waals surface area contributed by atoms with Gasteiger partial charge in [0.1, 0.15) is 5.75 Å². The molecule has 0 saturated carbocycles. The van der Waals surface area contributed by atoms with Crippen LogP contribution >= 0.6 is 0 Å². The molecule has 3 heteroatoms. The normalized spacial score (nSPS) is 13.6. The van der Waals surface area contributed by atoms with E-state index < -0.39 is 0 Å². The molecular weight excluding hydrogens is 428 g/mol. The molecular formula is C32H48N2O. The van der Waals surface area contributed by atoms with Crippen molar-refractivity contribution in [3.8, 4) is 18.6 Å². The summed E-state index contributed by atoms with van der Waals surface area (Å²) in [5.74, 6) is 0.913. The van der Waals surface area contributed by atoms with Crippen LogP contribution < -0.4 is 9.64 Å². The molecule has 0 aromatic heterocycles. The zero-order chi connectivity index (χ0) is 25.7. The highest BCUT2D eigenvalue weighted by Crippen LogP contribution is 2.22. The van der Waals surface area contributed by atoms with Crippen LogP contribution in [0, 0.1) is 12.8 Å². The Balaban J connectivity index is 0.000000779. The maximum absolute atomic E-state index is 5.38. The lowest BCUT2D eigenvalue weighted by Crippen LogP contribution is -2.29. The molecule has 0 aliphatic carbocycles. The van der Waals surface area contributed by atoms with Gasteiger partial charge < -0.3 is 14.5 Å². The maximum atomic E-state index is 5.38. The van der Waals surface area contributed by atoms with Gasteiger partial charge in [-0.3, -0.25) is 0 Å². The Morgan fingerprint density at radius 1 is 0.943 bits per heavy atom. The van der Waals surface area contributed by atoms with Crippen molar-refractivity contribution in [1.29, 1.82) is 0 Å². The van der Waals surface area contributed by atoms with E-state index in [1.165, 1.54) is 75.0 Å². The number of methoxy groups -OCH3 is 1. The standard InChI is InChI=1S/C25H36N2O.C5H10.C2H2/c1-3-27(24-10-9-11-25(20-24)28-2)21-23-14-12-22(13-15-23)16-19-26-17-7-5-4-6-8-18-26;1-3-5-4-2;1-2/h9-15,20H,3-8,16-19,21H2,1-2H3;3H,1,4-5H2,2H3;1-2H. The van der Waals surface area contributed by atoms with E-state index in [1.807, 2.05) is 12.1 Å². The van der Waals surface area contributed by atoms with Crippen molar-refractivity contribution in [2.24, 2.45) is 0 Å². The van der Waals surface area contributed by atoms with Crippen LogP contribution in [0.4, 0.5) is 5.69 Å². The number of likely N-dealkylation sites (tertiary alicyclic amines) is 1. The maximum Gasteiger partial charge on any atom is 0.120 e. The number of hydrogen-bond acceptors (Lipinski definition) is 3. The topological polar surface area (TPSA) is 15.7 Å². The Kier molecular flexibility index (Phi) is 17.0. The summed E-state index contributed by atoms with van der Waals surface area (Å²) in [5.41, 5.74) is 4.03. The summed E-state index contributed by atoms with van der Waals surface area (Å²) >= 11 is 0. The zero-order valence-electron chi connectivity index (χ0n) is 22.6. The van der Waals surface area contributed by atoms with Crippen LogP contribution in [0.2, 0.25) is 0 Å². The van der Waals surface area contributed by atoms with Crippen molar-refractivity contribution in [1.82, 2.24) is 4.90 Å². The molecule has 1 fully saturated rings. The molecule has 1 saturated heterocycles. The summed E-state index contributed by atoms with van der Waals surface area (Å²) < 4.78 is 5.38. The van der Waals surface area contributed by atoms with E-state index in [4.69, 9.17) is 4.74 Å². The lowest BCUT2D eigenvalue weighted by Gasteiger charge is -2.25. The Morgan fingerprint density at radius 2 is 1.57 bits per heavy atom. The molecule has 0 spiro atoms. The smallest absolute Gasteiger partial charge is 0.120 e. The monoisotopic (exact) mass is 476 g/mol. The number of benzene rings is 2. The first-order chi connectivity index (χ1) is 17.2. The second-order valence-electron chi connectivity index (χ2n) is 8.97. The first-order valence-electron chi connectivity index (χ1n) is 13.3. The van der Waals surface area contributed by atoms with Crippen molar-refractivity contribution < 1.29 is 4.74 Å². The first-order valence-corrected chi connectivity index (χ1v) is 13.3. The number of terminal acetylenes is 1. The minimum atomic E-state index is 0.913. The largest absolute Gasteiger partial charge is 0.497 e. The van der Waals surface area contributed by atoms with Gasteiger partial charge >= 0.3 is 0 Å². The summed E-state index contributed by atoms with van der Waals surface area (Å²) in [7, 11) is 1.72. The van der Waals surface area contributed by atoms with E-state index in [2.05, 4.69) is 85.5 Å². The summed E-state index contributed by atoms with van der Waals surface area (Å²) in [4.78, 5) is 5.05. The SMILES string of the molecule is C#C.C=CCCC.CCN(Cc1ccc(CCN2CCCCCCC2)cc1)c1cccc(OC)c1. The molecule has 3 rings (SSSR count). The van der Waals surface area contributed by atoms with Gasteiger partial charge in [0.25, 0.3) is 0 Å². The lowest BCUT2D eigenvalue weighted by molar-refractivity contribution is 0.250. The number of rotatable bonds is 10. The molecule has 2 aromatic carbocycles. The fraction of sp³-hybridized carbons (Fsp3) is 0.500. The average Bonchev–Trinajstić information content (AvgIpc) is 2.89. The van der Waals surface area contributed by atoms with Crippen LogP contribution in [0.15, 0.2) is 61.2 Å². The molecule has 2 aromatic rings. The van der Waals surface area contributed by atoms with Gasteiger partial charge in [0, 0.05) is 31.4 Å². The number of unbranched alkanes of at least 4 members (excludes halogenated alkanes) is 1. The molecule has 192 valence electrons. The van der Waals surface area contributed by atoms with Gasteiger partial charge in [0.05, 0.1) is 7.11 Å². The number of allylic oxidation sites excluding steroid dienone is 1. The van der Waals surface area contributed by atoms with E-state index in [0.29, 0.717) is 0 Å². The van der Waals surface area contributed by atoms with Crippen molar-refractivity contribution in [3.05, 3.63) is 72.3 Å². The molecule has 1 aliphatic rings. The van der Waals surface area contributed by atoms with E-state index >= 15 is 0 Å². The number of anilines is 1. The van der Waals surface area contributed by atoms with Gasteiger partial charge in [0.15, 0.2) is 0 Å². The fourth-order valence-corrected chi connectivity index (χ4v) is 4.25. The quantitative estimate of drug-likeness (QED) is 0.257. The molecule has 35 heavy (non-hydrogen) atoms. The summed E-state index contributed by atoms with van der Waals surface area (Å²) in [5, 5.41) is 0. The first kappa shape index (κ1) is 30.3. The summed E-state index contributed by atoms with van der Waals surface area (Å²) in [6.45, 7) is 13.6. The predicted octanol–water partition coefficient (Wildman–Crippen LogP) is 7.75. The second kappa shape index (κ2) is 19.6. The van der Waals surface area contributed by atoms with Crippen LogP contribution in [-0.4, -0.2) is 38.2 Å². The number of nitrogens with zero attached hydrogens (tertiary/aromatic N) is 2. The third-order valence-corrected chi connectivity index (χ3v) is 6.35. The minimum absolute atomic E-state index is 0.913. The molecule has 0 amide bonds. The van der Waals surface area contributed by atoms with Crippen LogP contribution in [0.5, 0.6) is 5.75 Å². The van der Waals surface area contributed by atoms with Crippen LogP contribution in [0.1, 0.15) is 69.9 Å². The Bertz CT molecular complexity index is 804. The summed E-state index contributed by atoms with van der Waals surface area (Å²) in [6.07, 6.45) is 20.5. The molecule has 0 unspecified atom stereocenters. The second-order valence-corrected chi connectivity index (χ2v) is 8.97. The number of ether oxygens (including phenoxy) is 1. The zero-order valence-corrected chi connectivity index (χ0v) is 22.6. The van der Waals surface area contributed by atoms with E-state index in [1.54, 1.807) is 7.11 Å². The Hall–Kier alpha value is -2.70. The molecule has 0 atom stereocenters. The van der Waals surface area contributed by atoms with Crippen molar-refractivity contribution in [3.63, 3.8) is 0 Å². The molecule has 3 nitrogen and oxygen atoms in total. The van der Waals surface area contributed by atoms with Gasteiger partial charge in [-0.15, -0.1) is 19.4 Å². The van der Waals surface area contributed by atoms with Gasteiger partial charge in [-0.25, -0.2) is 0 Å². The molecule has 0 radical (unpaired) electrons. The fourth-order valence-electron chi connectivity index (χ4n) is 4.25. The van der Waals surface area contributed by atoms with Gasteiger partial charge in [0.2, 0.25) is 0 Å². The van der Waals surface area contributed by atoms with Crippen molar-refractivity contribution >= 4 is 5.69 Å². The summed E-state index contributed by atoms with van der Waals surface area (Å²) in [6, 6.07) is 17.6. The lowest BCUT2D eigenvalue weighted by atomic mass is 10.1. The van der Waals surface area contributed by atoms with Gasteiger partial charge in [-0.1, -0.05) is 69.0 Å². The third kappa shape index (κ3) is 12.5. The van der Waals surface area contributed by atoms with Gasteiger partial charge in [-0.05, 0) is 69.0 Å². The minimum Gasteiger partial charge on any atom is -0.497 e. The van der Waals surface area contributed by atoms with E-state index in [-0.39, 0.29) is 0 Å². The molecule has 1 aliphatic heterocycles. The molecule has 0 bridgehead atoms. The average molecular weight is 477 g/mol. The van der Waals surface area contributed by atoms with E-state index in [0.717, 1.165) is 31.7 Å². The highest BCUT2D eigenvalue weighted by atomic mass is 16.5. The van der Waals surface area contributed by atoms with Crippen molar-refractivity contribution in [2.75, 3.05) is 38.2 Å². The third-order valence-electron chi connectivity index (χ3n) is 6.35. The number of hydrogen-bond donors (Lipinski definition) is 0. The predicted molar refractivity (Wildman–Crippen MR) is 154 cm³/mol. The van der Waals surface area contributed by atoms with Crippen LogP contribution in [-0.2, 0) is 13.0 Å². The van der Waals surface area contributed by atoms with Crippen molar-refractivity contribution in [2.45, 2.75) is 71.8 Å². The Labute approximate surface area is 216 Å². The molecule has 1 heterocycles. The van der Waals surface area contributed by atoms with E-state index in [9.17, 15) is 0 Å². The highest BCUT2D eigenvalue weighted by Gasteiger charge is 2.09. The van der Waals surface area contributed by atoms with Crippen LogP contribution in [0.3, 0.4) is 0 Å². The van der Waals surface area contributed by atoms with Gasteiger partial charge in [-0.2, -0.15) is 0 Å². The molecule has 0 N–H and O–H groups in total.